The predicted molar refractivity (Wildman–Crippen MR) is 135 cm³/mol. The summed E-state index contributed by atoms with van der Waals surface area (Å²) in [5, 5.41) is 12.7. The first kappa shape index (κ1) is 22.9. The second-order valence-corrected chi connectivity index (χ2v) is 10.8. The molecule has 1 atom stereocenters. The van der Waals surface area contributed by atoms with Crippen molar-refractivity contribution < 1.29 is 19.1 Å². The van der Waals surface area contributed by atoms with E-state index in [9.17, 15) is 9.90 Å². The number of β-amino-alcohol motifs (C(OH)–C–C–N with tert-alkyl or cyclic N) is 1. The molecule has 6 nitrogen and oxygen atoms in total. The van der Waals surface area contributed by atoms with Crippen LogP contribution in [0.2, 0.25) is 5.02 Å². The number of para-hydroxylation sites is 1. The minimum absolute atomic E-state index is 0.0594. The van der Waals surface area contributed by atoms with E-state index in [1.165, 1.54) is 5.56 Å². The summed E-state index contributed by atoms with van der Waals surface area (Å²) in [5.74, 6) is 1.47. The van der Waals surface area contributed by atoms with Crippen LogP contribution in [0.5, 0.6) is 5.75 Å². The van der Waals surface area contributed by atoms with Crippen LogP contribution < -0.4 is 4.74 Å². The smallest absolute Gasteiger partial charge is 0.289 e. The maximum absolute atomic E-state index is 12.9. The first-order valence-electron chi connectivity index (χ1n) is 12.6. The highest BCUT2D eigenvalue weighted by Crippen LogP contribution is 2.46. The zero-order valence-corrected chi connectivity index (χ0v) is 20.5. The average Bonchev–Trinajstić information content (AvgIpc) is 3.47. The van der Waals surface area contributed by atoms with Crippen molar-refractivity contribution in [2.75, 3.05) is 39.3 Å². The largest absolute Gasteiger partial charge is 0.492 e. The summed E-state index contributed by atoms with van der Waals surface area (Å²) >= 11 is 6.14. The standard InChI is InChI=1S/C28H31ClN2O4/c29-21-5-6-22-25(16-21)34-18-28(22)9-13-30(14-10-28)17-23(32)19-7-11-31(12-8-19)27(33)26-15-20-3-1-2-4-24(20)35-26/h1-6,15-16,19,23,32H,7-14,17-18H2. The third-order valence-corrected chi connectivity index (χ3v) is 8.52. The van der Waals surface area contributed by atoms with E-state index in [4.69, 9.17) is 20.8 Å². The van der Waals surface area contributed by atoms with Gasteiger partial charge in [-0.05, 0) is 69.0 Å². The van der Waals surface area contributed by atoms with Crippen LogP contribution in [0.1, 0.15) is 41.8 Å². The van der Waals surface area contributed by atoms with Crippen LogP contribution in [0.15, 0.2) is 52.9 Å². The number of piperidine rings is 2. The Morgan fingerprint density at radius 3 is 2.63 bits per heavy atom. The molecule has 2 fully saturated rings. The van der Waals surface area contributed by atoms with Crippen LogP contribution in [0.25, 0.3) is 11.0 Å². The molecule has 0 radical (unpaired) electrons. The van der Waals surface area contributed by atoms with E-state index in [0.717, 1.165) is 62.1 Å². The molecule has 6 rings (SSSR count). The number of carbonyl (C=O) groups is 1. The number of amides is 1. The Bertz CT molecular complexity index is 1190. The van der Waals surface area contributed by atoms with E-state index >= 15 is 0 Å². The maximum Gasteiger partial charge on any atom is 0.289 e. The van der Waals surface area contributed by atoms with Crippen molar-refractivity contribution in [3.63, 3.8) is 0 Å². The molecule has 184 valence electrons. The number of rotatable bonds is 4. The molecule has 4 heterocycles. The molecule has 1 aromatic heterocycles. The number of ether oxygens (including phenoxy) is 1. The van der Waals surface area contributed by atoms with Gasteiger partial charge in [-0.15, -0.1) is 0 Å². The molecule has 35 heavy (non-hydrogen) atoms. The Hall–Kier alpha value is -2.54. The van der Waals surface area contributed by atoms with Crippen molar-refractivity contribution in [2.24, 2.45) is 5.92 Å². The molecule has 3 aliphatic heterocycles. The molecular weight excluding hydrogens is 464 g/mol. The first-order valence-corrected chi connectivity index (χ1v) is 13.0. The summed E-state index contributed by atoms with van der Waals surface area (Å²) in [5.41, 5.74) is 2.09. The minimum Gasteiger partial charge on any atom is -0.492 e. The quantitative estimate of drug-likeness (QED) is 0.568. The summed E-state index contributed by atoms with van der Waals surface area (Å²) in [6.07, 6.45) is 3.30. The van der Waals surface area contributed by atoms with E-state index in [1.807, 2.05) is 47.4 Å². The van der Waals surface area contributed by atoms with Gasteiger partial charge in [0.1, 0.15) is 11.3 Å². The second kappa shape index (κ2) is 9.16. The number of likely N-dealkylation sites (tertiary alicyclic amines) is 2. The predicted octanol–water partition coefficient (Wildman–Crippen LogP) is 4.73. The Morgan fingerprint density at radius 2 is 1.86 bits per heavy atom. The summed E-state index contributed by atoms with van der Waals surface area (Å²) < 4.78 is 11.7. The molecule has 0 aliphatic carbocycles. The number of fused-ring (bicyclic) bond motifs is 3. The third kappa shape index (κ3) is 4.32. The monoisotopic (exact) mass is 494 g/mol. The van der Waals surface area contributed by atoms with Gasteiger partial charge in [-0.3, -0.25) is 4.79 Å². The van der Waals surface area contributed by atoms with Crippen molar-refractivity contribution >= 4 is 28.5 Å². The third-order valence-electron chi connectivity index (χ3n) is 8.28. The number of aliphatic hydroxyl groups excluding tert-OH is 1. The van der Waals surface area contributed by atoms with Gasteiger partial charge in [-0.2, -0.15) is 0 Å². The average molecular weight is 495 g/mol. The summed E-state index contributed by atoms with van der Waals surface area (Å²) in [7, 11) is 0. The lowest BCUT2D eigenvalue weighted by Gasteiger charge is -2.41. The number of halogens is 1. The van der Waals surface area contributed by atoms with E-state index in [1.54, 1.807) is 0 Å². The Labute approximate surface area is 210 Å². The van der Waals surface area contributed by atoms with Crippen LogP contribution in [0.4, 0.5) is 0 Å². The molecule has 1 amide bonds. The molecule has 3 aliphatic rings. The first-order chi connectivity index (χ1) is 17.0. The molecule has 3 aromatic rings. The summed E-state index contributed by atoms with van der Waals surface area (Å²) in [4.78, 5) is 17.2. The highest BCUT2D eigenvalue weighted by atomic mass is 35.5. The SMILES string of the molecule is O=C(c1cc2ccccc2o1)N1CCC(C(O)CN2CCC3(CC2)COc2cc(Cl)ccc23)CC1. The normalized spacial score (nSPS) is 21.3. The highest BCUT2D eigenvalue weighted by Gasteiger charge is 2.43. The molecule has 2 aromatic carbocycles. The lowest BCUT2D eigenvalue weighted by Crippen LogP contribution is -2.48. The Morgan fingerprint density at radius 1 is 1.09 bits per heavy atom. The number of benzene rings is 2. The van der Waals surface area contributed by atoms with Gasteiger partial charge in [0.2, 0.25) is 0 Å². The molecule has 1 N–H and O–H groups in total. The second-order valence-electron chi connectivity index (χ2n) is 10.4. The van der Waals surface area contributed by atoms with E-state index in [2.05, 4.69) is 11.0 Å². The van der Waals surface area contributed by atoms with Crippen molar-refractivity contribution in [3.8, 4) is 5.75 Å². The van der Waals surface area contributed by atoms with E-state index < -0.39 is 0 Å². The van der Waals surface area contributed by atoms with Gasteiger partial charge in [0, 0.05) is 41.0 Å². The molecule has 2 saturated heterocycles. The van der Waals surface area contributed by atoms with Gasteiger partial charge in [-0.25, -0.2) is 0 Å². The molecular formula is C28H31ClN2O4. The van der Waals surface area contributed by atoms with Crippen LogP contribution in [0.3, 0.4) is 0 Å². The lowest BCUT2D eigenvalue weighted by atomic mass is 9.74. The van der Waals surface area contributed by atoms with Crippen LogP contribution >= 0.6 is 11.6 Å². The van der Waals surface area contributed by atoms with Crippen molar-refractivity contribution in [2.45, 2.75) is 37.2 Å². The lowest BCUT2D eigenvalue weighted by molar-refractivity contribution is 0.0176. The molecule has 1 unspecified atom stereocenters. The number of carbonyl (C=O) groups excluding carboxylic acids is 1. The maximum atomic E-state index is 12.9. The fraction of sp³-hybridized carbons (Fsp3) is 0.464. The fourth-order valence-corrected chi connectivity index (χ4v) is 6.23. The highest BCUT2D eigenvalue weighted by molar-refractivity contribution is 6.30. The summed E-state index contributed by atoms with van der Waals surface area (Å²) in [6, 6.07) is 15.5. The number of hydrogen-bond donors (Lipinski definition) is 1. The zero-order valence-electron chi connectivity index (χ0n) is 19.8. The van der Waals surface area contributed by atoms with Gasteiger partial charge in [0.15, 0.2) is 5.76 Å². The fourth-order valence-electron chi connectivity index (χ4n) is 6.07. The van der Waals surface area contributed by atoms with Crippen molar-refractivity contribution in [1.29, 1.82) is 0 Å². The van der Waals surface area contributed by atoms with Crippen LogP contribution in [0, 0.1) is 5.92 Å². The molecule has 1 spiro atoms. The molecule has 0 saturated carbocycles. The van der Waals surface area contributed by atoms with Gasteiger partial charge in [-0.1, -0.05) is 35.9 Å². The van der Waals surface area contributed by atoms with Gasteiger partial charge >= 0.3 is 0 Å². The molecule has 7 heteroatoms. The van der Waals surface area contributed by atoms with Gasteiger partial charge < -0.3 is 24.1 Å². The van der Waals surface area contributed by atoms with Gasteiger partial charge in [0.25, 0.3) is 5.91 Å². The van der Waals surface area contributed by atoms with Crippen molar-refractivity contribution in [1.82, 2.24) is 9.80 Å². The van der Waals surface area contributed by atoms with Gasteiger partial charge in [0.05, 0.1) is 12.7 Å². The number of nitrogens with zero attached hydrogens (tertiary/aromatic N) is 2. The Balaban J connectivity index is 1.00. The zero-order chi connectivity index (χ0) is 24.0. The van der Waals surface area contributed by atoms with Crippen LogP contribution in [-0.2, 0) is 5.41 Å². The van der Waals surface area contributed by atoms with Crippen molar-refractivity contribution in [3.05, 3.63) is 64.9 Å². The number of furan rings is 1. The number of hydrogen-bond acceptors (Lipinski definition) is 5. The van der Waals surface area contributed by atoms with E-state index in [0.29, 0.717) is 30.4 Å². The minimum atomic E-state index is -0.376. The Kier molecular flexibility index (Phi) is 5.99. The van der Waals surface area contributed by atoms with Crippen LogP contribution in [-0.4, -0.2) is 66.2 Å². The van der Waals surface area contributed by atoms with E-state index in [-0.39, 0.29) is 23.3 Å². The molecule has 0 bridgehead atoms. The number of aliphatic hydroxyl groups is 1. The summed E-state index contributed by atoms with van der Waals surface area (Å²) in [6.45, 7) is 4.61. The topological polar surface area (TPSA) is 66.2 Å².